The molecular weight excluding hydrogens is 239 g/mol. The number of hydrogen-bond acceptors (Lipinski definition) is 1. The quantitative estimate of drug-likeness (QED) is 0.862. The second kappa shape index (κ2) is 4.48. The van der Waals surface area contributed by atoms with Crippen LogP contribution in [0.1, 0.15) is 25.7 Å². The third-order valence-corrected chi connectivity index (χ3v) is 4.43. The molecule has 0 amide bonds. The van der Waals surface area contributed by atoms with Crippen molar-refractivity contribution in [3.8, 4) is 0 Å². The number of benzene rings is 1. The van der Waals surface area contributed by atoms with Crippen molar-refractivity contribution in [3.05, 3.63) is 29.6 Å². The van der Waals surface area contributed by atoms with E-state index in [0.29, 0.717) is 30.5 Å². The van der Waals surface area contributed by atoms with E-state index in [1.165, 1.54) is 19.3 Å². The van der Waals surface area contributed by atoms with Crippen molar-refractivity contribution in [1.29, 1.82) is 0 Å². The molecule has 4 heteroatoms. The first-order valence-corrected chi connectivity index (χ1v) is 6.52. The van der Waals surface area contributed by atoms with Crippen LogP contribution in [0.15, 0.2) is 12.1 Å². The molecule has 18 heavy (non-hydrogen) atoms. The third-order valence-electron chi connectivity index (χ3n) is 4.43. The molecule has 2 saturated carbocycles. The van der Waals surface area contributed by atoms with E-state index in [4.69, 9.17) is 0 Å². The minimum absolute atomic E-state index is 0.195. The Hall–Kier alpha value is -1.19. The highest BCUT2D eigenvalue weighted by Gasteiger charge is 2.39. The minimum atomic E-state index is -0.879. The molecule has 2 fully saturated rings. The number of halogens is 3. The Balaban J connectivity index is 1.67. The summed E-state index contributed by atoms with van der Waals surface area (Å²) in [5.74, 6) is -0.562. The summed E-state index contributed by atoms with van der Waals surface area (Å²) >= 11 is 0. The second-order valence-corrected chi connectivity index (χ2v) is 5.56. The van der Waals surface area contributed by atoms with Gasteiger partial charge in [-0.3, -0.25) is 0 Å². The number of fused-ring (bicyclic) bond motifs is 2. The molecule has 3 rings (SSSR count). The average Bonchev–Trinajstić information content (AvgIpc) is 2.89. The van der Waals surface area contributed by atoms with Crippen LogP contribution in [0.25, 0.3) is 0 Å². The Labute approximate surface area is 104 Å². The zero-order valence-corrected chi connectivity index (χ0v) is 10.1. The predicted octanol–water partition coefficient (Wildman–Crippen LogP) is 3.95. The van der Waals surface area contributed by atoms with Crippen LogP contribution >= 0.6 is 0 Å². The Bertz CT molecular complexity index is 437. The number of rotatable bonds is 3. The first-order chi connectivity index (χ1) is 8.63. The van der Waals surface area contributed by atoms with Crippen LogP contribution in [-0.2, 0) is 0 Å². The summed E-state index contributed by atoms with van der Waals surface area (Å²) in [7, 11) is 0. The Morgan fingerprint density at radius 2 is 1.78 bits per heavy atom. The largest absolute Gasteiger partial charge is 0.380 e. The van der Waals surface area contributed by atoms with Crippen LogP contribution in [0, 0.1) is 35.2 Å². The topological polar surface area (TPSA) is 12.0 Å². The lowest BCUT2D eigenvalue weighted by molar-refractivity contribution is 0.347. The predicted molar refractivity (Wildman–Crippen MR) is 63.7 cm³/mol. The van der Waals surface area contributed by atoms with Crippen LogP contribution in [0.3, 0.4) is 0 Å². The van der Waals surface area contributed by atoms with Crippen molar-refractivity contribution in [1.82, 2.24) is 0 Å². The van der Waals surface area contributed by atoms with E-state index in [1.807, 2.05) is 0 Å². The molecular formula is C14H16F3N. The van der Waals surface area contributed by atoms with Gasteiger partial charge in [0.25, 0.3) is 0 Å². The highest BCUT2D eigenvalue weighted by molar-refractivity contribution is 5.46. The van der Waals surface area contributed by atoms with Gasteiger partial charge in [-0.15, -0.1) is 0 Å². The van der Waals surface area contributed by atoms with Crippen LogP contribution in [-0.4, -0.2) is 6.54 Å². The van der Waals surface area contributed by atoms with Gasteiger partial charge in [-0.1, -0.05) is 6.42 Å². The van der Waals surface area contributed by atoms with Crippen LogP contribution in [0.2, 0.25) is 0 Å². The van der Waals surface area contributed by atoms with Gasteiger partial charge in [-0.05, 0) is 37.0 Å². The van der Waals surface area contributed by atoms with Crippen molar-refractivity contribution in [3.63, 3.8) is 0 Å². The summed E-state index contributed by atoms with van der Waals surface area (Å²) in [6.07, 6.45) is 4.97. The van der Waals surface area contributed by atoms with Gasteiger partial charge in [-0.2, -0.15) is 0 Å². The lowest BCUT2D eigenvalue weighted by Crippen LogP contribution is -2.21. The second-order valence-electron chi connectivity index (χ2n) is 5.56. The van der Waals surface area contributed by atoms with Crippen LogP contribution in [0.4, 0.5) is 18.9 Å². The lowest BCUT2D eigenvalue weighted by atomic mass is 9.89. The van der Waals surface area contributed by atoms with Crippen molar-refractivity contribution in [2.24, 2.45) is 17.8 Å². The zero-order valence-electron chi connectivity index (χ0n) is 10.1. The molecule has 2 bridgehead atoms. The fourth-order valence-electron chi connectivity index (χ4n) is 3.57. The summed E-state index contributed by atoms with van der Waals surface area (Å²) in [6, 6.07) is 1.43. The smallest absolute Gasteiger partial charge is 0.152 e. The molecule has 1 aromatic carbocycles. The van der Waals surface area contributed by atoms with Gasteiger partial charge < -0.3 is 5.32 Å². The summed E-state index contributed by atoms with van der Waals surface area (Å²) in [6.45, 7) is 0.584. The highest BCUT2D eigenvalue weighted by Crippen LogP contribution is 2.48. The zero-order chi connectivity index (χ0) is 12.7. The van der Waals surface area contributed by atoms with Crippen molar-refractivity contribution < 1.29 is 13.2 Å². The molecule has 1 N–H and O–H groups in total. The SMILES string of the molecule is Fc1cc(F)c(NCC2CC3CCC2C3)c(F)c1. The summed E-state index contributed by atoms with van der Waals surface area (Å²) < 4.78 is 39.6. The first kappa shape index (κ1) is 11.9. The molecule has 1 aromatic rings. The highest BCUT2D eigenvalue weighted by atomic mass is 19.1. The van der Waals surface area contributed by atoms with Crippen molar-refractivity contribution in [2.75, 3.05) is 11.9 Å². The van der Waals surface area contributed by atoms with E-state index < -0.39 is 17.5 Å². The van der Waals surface area contributed by atoms with E-state index in [2.05, 4.69) is 5.32 Å². The maximum Gasteiger partial charge on any atom is 0.152 e. The van der Waals surface area contributed by atoms with E-state index in [1.54, 1.807) is 0 Å². The number of nitrogens with one attached hydrogen (secondary N) is 1. The molecule has 1 nitrogen and oxygen atoms in total. The molecule has 2 aliphatic carbocycles. The fourth-order valence-corrected chi connectivity index (χ4v) is 3.57. The monoisotopic (exact) mass is 255 g/mol. The maximum atomic E-state index is 13.4. The molecule has 0 spiro atoms. The van der Waals surface area contributed by atoms with Gasteiger partial charge in [-0.25, -0.2) is 13.2 Å². The third kappa shape index (κ3) is 2.08. The molecule has 0 aromatic heterocycles. The molecule has 0 aliphatic heterocycles. The molecule has 98 valence electrons. The Morgan fingerprint density at radius 3 is 2.33 bits per heavy atom. The van der Waals surface area contributed by atoms with Crippen LogP contribution in [0.5, 0.6) is 0 Å². The van der Waals surface area contributed by atoms with E-state index in [-0.39, 0.29) is 5.69 Å². The molecule has 3 unspecified atom stereocenters. The van der Waals surface area contributed by atoms with Gasteiger partial charge >= 0.3 is 0 Å². The van der Waals surface area contributed by atoms with Gasteiger partial charge in [0.05, 0.1) is 0 Å². The number of hydrogen-bond donors (Lipinski definition) is 1. The van der Waals surface area contributed by atoms with Crippen LogP contribution < -0.4 is 5.32 Å². The van der Waals surface area contributed by atoms with Gasteiger partial charge in [0, 0.05) is 18.7 Å². The fraction of sp³-hybridized carbons (Fsp3) is 0.571. The maximum absolute atomic E-state index is 13.4. The Morgan fingerprint density at radius 1 is 1.06 bits per heavy atom. The molecule has 0 saturated heterocycles. The molecule has 2 aliphatic rings. The standard InChI is InChI=1S/C14H16F3N/c15-11-5-12(16)14(13(17)6-11)18-7-10-4-8-1-2-9(10)3-8/h5-6,8-10,18H,1-4,7H2. The molecule has 3 atom stereocenters. The van der Waals surface area contributed by atoms with Crippen molar-refractivity contribution in [2.45, 2.75) is 25.7 Å². The molecule has 0 radical (unpaired) electrons. The van der Waals surface area contributed by atoms with Gasteiger partial charge in [0.2, 0.25) is 0 Å². The lowest BCUT2D eigenvalue weighted by Gasteiger charge is -2.22. The summed E-state index contributed by atoms with van der Waals surface area (Å²) in [5, 5.41) is 2.82. The summed E-state index contributed by atoms with van der Waals surface area (Å²) in [5.41, 5.74) is -0.195. The van der Waals surface area contributed by atoms with Gasteiger partial charge in [0.1, 0.15) is 11.5 Å². The van der Waals surface area contributed by atoms with E-state index in [0.717, 1.165) is 12.3 Å². The Kier molecular flexibility index (Phi) is 2.96. The van der Waals surface area contributed by atoms with Gasteiger partial charge in [0.15, 0.2) is 11.6 Å². The molecule has 0 heterocycles. The number of anilines is 1. The van der Waals surface area contributed by atoms with E-state index in [9.17, 15) is 13.2 Å². The normalized spacial score (nSPS) is 29.8. The minimum Gasteiger partial charge on any atom is -0.380 e. The van der Waals surface area contributed by atoms with E-state index >= 15 is 0 Å². The average molecular weight is 255 g/mol. The first-order valence-electron chi connectivity index (χ1n) is 6.52. The van der Waals surface area contributed by atoms with Crippen molar-refractivity contribution >= 4 is 5.69 Å². The summed E-state index contributed by atoms with van der Waals surface area (Å²) in [4.78, 5) is 0.